The average molecular weight is 844 g/mol. The third kappa shape index (κ3) is 8.79. The summed E-state index contributed by atoms with van der Waals surface area (Å²) in [5.74, 6) is -6.37. The standard InChI is InChI=1S/C47H73NO12/c1-11-32(43(52)53)34-17-16-26(4)40(57-34)30(8)38(49)29(7)39(50)33(12-2)41-27(5)25-28(6)46(58-41)21-18-36(48-42(51)35-15-14-24-55-35)47(60-46)23-22-44(10,59-47)37-19-20-45(54,13-3)31(9)56-37/h14-15,18,21,24,26-34,36-38,40-41,49,54H,11-13,16-17,19-20,22-23,25H2,1-10H3,(H,48,51)(H,52,53)/t26-,27-,28+,29-,30-,31-,32+,33-,34+,36+,37+,38+,40+,41-,44-,45+,46-,47-/m0/s1. The smallest absolute Gasteiger partial charge is 0.309 e. The normalized spacial score (nSPS) is 42.0. The number of aliphatic hydroxyl groups is 2. The van der Waals surface area contributed by atoms with Gasteiger partial charge in [-0.25, -0.2) is 0 Å². The molecule has 18 atom stereocenters. The number of hydrogen-bond acceptors (Lipinski definition) is 11. The number of aliphatic hydroxyl groups excluding tert-OH is 1. The van der Waals surface area contributed by atoms with Gasteiger partial charge in [0.2, 0.25) is 0 Å². The monoisotopic (exact) mass is 844 g/mol. The largest absolute Gasteiger partial charge is 0.481 e. The minimum atomic E-state index is -1.37. The van der Waals surface area contributed by atoms with Crippen LogP contribution in [0.1, 0.15) is 144 Å². The van der Waals surface area contributed by atoms with Crippen molar-refractivity contribution in [1.82, 2.24) is 5.32 Å². The Kier molecular flexibility index (Phi) is 14.2. The Labute approximate surface area is 356 Å². The van der Waals surface area contributed by atoms with E-state index in [-0.39, 0.29) is 35.4 Å². The molecule has 2 spiro atoms. The van der Waals surface area contributed by atoms with Crippen molar-refractivity contribution in [2.24, 2.45) is 41.4 Å². The molecule has 5 aliphatic heterocycles. The van der Waals surface area contributed by atoms with Crippen LogP contribution in [0.2, 0.25) is 0 Å². The third-order valence-electron chi connectivity index (χ3n) is 15.5. The van der Waals surface area contributed by atoms with Gasteiger partial charge in [0, 0.05) is 30.1 Å². The van der Waals surface area contributed by atoms with Gasteiger partial charge in [-0.15, -0.1) is 0 Å². The molecule has 338 valence electrons. The van der Waals surface area contributed by atoms with E-state index < -0.39 is 94.9 Å². The molecule has 1 amide bonds. The Hall–Kier alpha value is -2.65. The number of carboxylic acid groups (broad SMARTS) is 1. The van der Waals surface area contributed by atoms with Crippen LogP contribution in [0.3, 0.4) is 0 Å². The van der Waals surface area contributed by atoms with E-state index >= 15 is 0 Å². The summed E-state index contributed by atoms with van der Waals surface area (Å²) < 4.78 is 39.9. The molecule has 1 aromatic heterocycles. The predicted molar refractivity (Wildman–Crippen MR) is 223 cm³/mol. The number of furan rings is 1. The van der Waals surface area contributed by atoms with E-state index in [1.165, 1.54) is 6.26 Å². The number of Topliss-reactive ketones (excluding diaryl/α,β-unsaturated/α-hetero) is 1. The van der Waals surface area contributed by atoms with Crippen LogP contribution in [-0.2, 0) is 33.3 Å². The number of amides is 1. The molecule has 13 heteroatoms. The van der Waals surface area contributed by atoms with E-state index in [1.807, 2.05) is 53.7 Å². The lowest BCUT2D eigenvalue weighted by molar-refractivity contribution is -0.397. The second-order valence-electron chi connectivity index (χ2n) is 19.4. The van der Waals surface area contributed by atoms with Crippen LogP contribution in [0.5, 0.6) is 0 Å². The van der Waals surface area contributed by atoms with Crippen molar-refractivity contribution in [3.8, 4) is 0 Å². The summed E-state index contributed by atoms with van der Waals surface area (Å²) in [7, 11) is 0. The molecule has 0 aliphatic carbocycles. The number of hydrogen-bond donors (Lipinski definition) is 4. The number of nitrogens with one attached hydrogen (secondary N) is 1. The van der Waals surface area contributed by atoms with Crippen molar-refractivity contribution in [3.05, 3.63) is 36.3 Å². The molecule has 4 N–H and O–H groups in total. The summed E-state index contributed by atoms with van der Waals surface area (Å²) in [5, 5.41) is 36.0. The van der Waals surface area contributed by atoms with Gasteiger partial charge in [-0.05, 0) is 102 Å². The Morgan fingerprint density at radius 3 is 2.25 bits per heavy atom. The van der Waals surface area contributed by atoms with Crippen LogP contribution < -0.4 is 5.32 Å². The zero-order valence-electron chi connectivity index (χ0n) is 37.6. The molecule has 4 fully saturated rings. The molecule has 13 nitrogen and oxygen atoms in total. The minimum Gasteiger partial charge on any atom is -0.481 e. The van der Waals surface area contributed by atoms with E-state index in [2.05, 4.69) is 26.1 Å². The van der Waals surface area contributed by atoms with Gasteiger partial charge < -0.3 is 48.7 Å². The number of rotatable bonds is 14. The Balaban J connectivity index is 1.24. The first-order chi connectivity index (χ1) is 28.3. The first kappa shape index (κ1) is 46.8. The summed E-state index contributed by atoms with van der Waals surface area (Å²) in [5.41, 5.74) is -1.74. The lowest BCUT2D eigenvalue weighted by atomic mass is 9.72. The van der Waals surface area contributed by atoms with E-state index in [4.69, 9.17) is 28.1 Å². The SMILES string of the molecule is CC[C@@H](C(=O)[C@@H](C)[C@@H](O)[C@H](C)[C@@H]1O[C@@H]([C@@H](CC)C(=O)O)CC[C@@H]1C)[C@H]1O[C@]2(C=C[C@@H](NC(=O)c3ccco3)[C@]3(CC[C@@](C)([C@H]4CC[C@](O)(CC)[C@H](C)O4)O3)O2)[C@H](C)C[C@@H]1C. The van der Waals surface area contributed by atoms with Crippen molar-refractivity contribution >= 4 is 17.7 Å². The highest BCUT2D eigenvalue weighted by atomic mass is 16.8. The van der Waals surface area contributed by atoms with E-state index in [0.717, 1.165) is 6.42 Å². The van der Waals surface area contributed by atoms with Gasteiger partial charge >= 0.3 is 5.97 Å². The number of carboxylic acids is 1. The molecule has 0 aromatic carbocycles. The lowest BCUT2D eigenvalue weighted by Crippen LogP contribution is -2.65. The number of ketones is 1. The predicted octanol–water partition coefficient (Wildman–Crippen LogP) is 7.22. The molecule has 0 unspecified atom stereocenters. The highest BCUT2D eigenvalue weighted by Crippen LogP contribution is 2.54. The fraction of sp³-hybridized carbons (Fsp3) is 0.809. The summed E-state index contributed by atoms with van der Waals surface area (Å²) in [6.07, 6.45) is 7.79. The summed E-state index contributed by atoms with van der Waals surface area (Å²) >= 11 is 0. The van der Waals surface area contributed by atoms with Crippen LogP contribution >= 0.6 is 0 Å². The third-order valence-corrected chi connectivity index (χ3v) is 15.5. The second kappa shape index (κ2) is 18.2. The number of carbonyl (C=O) groups is 3. The topological polar surface area (TPSA) is 183 Å². The molecular formula is C47H73NO12. The van der Waals surface area contributed by atoms with Crippen LogP contribution in [0.25, 0.3) is 0 Å². The molecule has 1 aromatic rings. The lowest BCUT2D eigenvalue weighted by Gasteiger charge is -2.55. The molecule has 5 aliphatic rings. The van der Waals surface area contributed by atoms with Crippen molar-refractivity contribution < 1.29 is 57.8 Å². The van der Waals surface area contributed by atoms with Gasteiger partial charge in [-0.3, -0.25) is 14.4 Å². The number of aliphatic carboxylic acids is 1. The maximum Gasteiger partial charge on any atom is 0.309 e. The highest BCUT2D eigenvalue weighted by molar-refractivity contribution is 5.91. The molecule has 60 heavy (non-hydrogen) atoms. The van der Waals surface area contributed by atoms with E-state index in [0.29, 0.717) is 57.8 Å². The van der Waals surface area contributed by atoms with Crippen molar-refractivity contribution in [2.45, 2.75) is 199 Å². The molecule has 0 saturated carbocycles. The second-order valence-corrected chi connectivity index (χ2v) is 19.4. The molecule has 4 saturated heterocycles. The average Bonchev–Trinajstić information content (AvgIpc) is 3.88. The summed E-state index contributed by atoms with van der Waals surface area (Å²) in [6.45, 7) is 19.6. The number of carbonyl (C=O) groups excluding carboxylic acids is 2. The van der Waals surface area contributed by atoms with Crippen molar-refractivity contribution in [2.75, 3.05) is 0 Å². The van der Waals surface area contributed by atoms with E-state index in [1.54, 1.807) is 19.1 Å². The summed E-state index contributed by atoms with van der Waals surface area (Å²) in [6, 6.07) is 2.53. The Bertz CT molecular complexity index is 1690. The molecule has 6 heterocycles. The van der Waals surface area contributed by atoms with Gasteiger partial charge in [0.1, 0.15) is 11.8 Å². The first-order valence-corrected chi connectivity index (χ1v) is 22.9. The number of ether oxygens (including phenoxy) is 5. The van der Waals surface area contributed by atoms with Crippen molar-refractivity contribution in [3.63, 3.8) is 0 Å². The van der Waals surface area contributed by atoms with Gasteiger partial charge in [0.25, 0.3) is 5.91 Å². The molecule has 6 rings (SSSR count). The molecule has 0 radical (unpaired) electrons. The maximum absolute atomic E-state index is 14.6. The minimum absolute atomic E-state index is 0.0284. The molecule has 0 bridgehead atoms. The highest BCUT2D eigenvalue weighted by Gasteiger charge is 2.63. The molecular weight excluding hydrogens is 771 g/mol. The Morgan fingerprint density at radius 2 is 1.63 bits per heavy atom. The zero-order chi connectivity index (χ0) is 43.9. The van der Waals surface area contributed by atoms with Crippen LogP contribution in [0.4, 0.5) is 0 Å². The first-order valence-electron chi connectivity index (χ1n) is 22.9. The summed E-state index contributed by atoms with van der Waals surface area (Å²) in [4.78, 5) is 40.2. The van der Waals surface area contributed by atoms with Gasteiger partial charge in [-0.1, -0.05) is 61.5 Å². The fourth-order valence-corrected chi connectivity index (χ4v) is 11.3. The van der Waals surface area contributed by atoms with Gasteiger partial charge in [0.05, 0.1) is 60.0 Å². The fourth-order valence-electron chi connectivity index (χ4n) is 11.3. The zero-order valence-corrected chi connectivity index (χ0v) is 37.6. The quantitative estimate of drug-likeness (QED) is 0.138. The van der Waals surface area contributed by atoms with Crippen LogP contribution in [0, 0.1) is 41.4 Å². The maximum atomic E-state index is 14.6. The van der Waals surface area contributed by atoms with E-state index in [9.17, 15) is 29.7 Å². The Morgan fingerprint density at radius 1 is 0.917 bits per heavy atom. The van der Waals surface area contributed by atoms with Gasteiger partial charge in [0.15, 0.2) is 17.3 Å². The van der Waals surface area contributed by atoms with Crippen LogP contribution in [-0.4, -0.2) is 98.4 Å². The van der Waals surface area contributed by atoms with Crippen molar-refractivity contribution in [1.29, 1.82) is 0 Å². The van der Waals surface area contributed by atoms with Gasteiger partial charge in [-0.2, -0.15) is 0 Å². The van der Waals surface area contributed by atoms with Crippen LogP contribution in [0.15, 0.2) is 35.0 Å².